The van der Waals surface area contributed by atoms with E-state index in [9.17, 15) is 16.8 Å². The molecule has 0 N–H and O–H groups in total. The molecule has 3 aromatic carbocycles. The van der Waals surface area contributed by atoms with Crippen molar-refractivity contribution in [1.82, 2.24) is 4.31 Å². The zero-order valence-electron chi connectivity index (χ0n) is 16.0. The largest absolute Gasteiger partial charge is 0.243 e. The zero-order chi connectivity index (χ0) is 21.4. The molecule has 1 heterocycles. The molecule has 0 spiro atoms. The second kappa shape index (κ2) is 8.15. The summed E-state index contributed by atoms with van der Waals surface area (Å²) in [4.78, 5) is 0.315. The Hall–Kier alpha value is -2.19. The van der Waals surface area contributed by atoms with Crippen molar-refractivity contribution in [2.45, 2.75) is 21.5 Å². The minimum absolute atomic E-state index is 0.0666. The maximum absolute atomic E-state index is 13.2. The molecule has 1 atom stereocenters. The molecule has 1 unspecified atom stereocenters. The second-order valence-corrected chi connectivity index (χ2v) is 11.8. The van der Waals surface area contributed by atoms with Crippen molar-refractivity contribution >= 4 is 31.5 Å². The molecule has 0 saturated carbocycles. The lowest BCUT2D eigenvalue weighted by atomic mass is 10.1. The van der Waals surface area contributed by atoms with Gasteiger partial charge in [0.15, 0.2) is 9.84 Å². The first-order valence-electron chi connectivity index (χ1n) is 9.43. The molecule has 156 valence electrons. The van der Waals surface area contributed by atoms with E-state index in [2.05, 4.69) is 0 Å². The lowest BCUT2D eigenvalue weighted by Crippen LogP contribution is -2.32. The molecule has 0 amide bonds. The number of hydrogen-bond acceptors (Lipinski definition) is 4. The van der Waals surface area contributed by atoms with Crippen LogP contribution in [0.2, 0.25) is 5.02 Å². The highest BCUT2D eigenvalue weighted by atomic mass is 35.5. The average molecular weight is 462 g/mol. The molecule has 5 nitrogen and oxygen atoms in total. The van der Waals surface area contributed by atoms with Crippen molar-refractivity contribution in [2.24, 2.45) is 0 Å². The van der Waals surface area contributed by atoms with Gasteiger partial charge in [-0.05, 0) is 53.9 Å². The van der Waals surface area contributed by atoms with Crippen LogP contribution in [0.3, 0.4) is 0 Å². The number of benzene rings is 3. The van der Waals surface area contributed by atoms with E-state index in [0.717, 1.165) is 11.1 Å². The molecule has 8 heteroatoms. The molecular formula is C22H20ClNO4S2. The molecule has 1 fully saturated rings. The molecular weight excluding hydrogens is 442 g/mol. The third kappa shape index (κ3) is 4.03. The van der Waals surface area contributed by atoms with Gasteiger partial charge in [-0.15, -0.1) is 0 Å². The normalized spacial score (nSPS) is 17.8. The summed E-state index contributed by atoms with van der Waals surface area (Å²) < 4.78 is 53.5. The first-order valence-corrected chi connectivity index (χ1v) is 12.8. The number of sulfonamides is 1. The van der Waals surface area contributed by atoms with Crippen LogP contribution in [0.15, 0.2) is 88.7 Å². The van der Waals surface area contributed by atoms with Crippen molar-refractivity contribution in [3.05, 3.63) is 83.9 Å². The fraction of sp³-hybridized carbons (Fsp3) is 0.182. The van der Waals surface area contributed by atoms with Crippen molar-refractivity contribution in [2.75, 3.05) is 13.1 Å². The summed E-state index contributed by atoms with van der Waals surface area (Å²) in [5, 5.41) is -0.339. The molecule has 4 rings (SSSR count). The molecule has 0 aromatic heterocycles. The van der Waals surface area contributed by atoms with Gasteiger partial charge in [0.05, 0.1) is 15.0 Å². The summed E-state index contributed by atoms with van der Waals surface area (Å²) in [7, 11) is -7.45. The Balaban J connectivity index is 1.59. The van der Waals surface area contributed by atoms with Crippen molar-refractivity contribution in [3.63, 3.8) is 0 Å². The Bertz CT molecular complexity index is 1260. The van der Waals surface area contributed by atoms with Gasteiger partial charge >= 0.3 is 0 Å². The van der Waals surface area contributed by atoms with Gasteiger partial charge in [0, 0.05) is 18.1 Å². The van der Waals surface area contributed by atoms with Gasteiger partial charge in [-0.1, -0.05) is 54.1 Å². The highest BCUT2D eigenvalue weighted by molar-refractivity contribution is 7.92. The second-order valence-electron chi connectivity index (χ2n) is 7.17. The van der Waals surface area contributed by atoms with Gasteiger partial charge in [0.2, 0.25) is 10.0 Å². The fourth-order valence-corrected chi connectivity index (χ4v) is 7.06. The van der Waals surface area contributed by atoms with E-state index in [0.29, 0.717) is 5.02 Å². The number of halogens is 1. The molecule has 30 heavy (non-hydrogen) atoms. The Labute approximate surface area is 181 Å². The molecule has 0 bridgehead atoms. The summed E-state index contributed by atoms with van der Waals surface area (Å²) in [6, 6.07) is 22.2. The summed E-state index contributed by atoms with van der Waals surface area (Å²) in [5.74, 6) is 0. The van der Waals surface area contributed by atoms with Crippen LogP contribution >= 0.6 is 11.6 Å². The SMILES string of the molecule is O=S(=O)(c1ccc(Cl)cc1)C1CCN(S(=O)(=O)c2cccc(-c3ccccc3)c2)C1. The van der Waals surface area contributed by atoms with Gasteiger partial charge in [-0.3, -0.25) is 0 Å². The van der Waals surface area contributed by atoms with E-state index in [-0.39, 0.29) is 29.3 Å². The predicted molar refractivity (Wildman–Crippen MR) is 118 cm³/mol. The van der Waals surface area contributed by atoms with Crippen molar-refractivity contribution in [1.29, 1.82) is 0 Å². The quantitative estimate of drug-likeness (QED) is 0.569. The van der Waals surface area contributed by atoms with E-state index < -0.39 is 25.1 Å². The van der Waals surface area contributed by atoms with E-state index in [1.807, 2.05) is 36.4 Å². The predicted octanol–water partition coefficient (Wildman–Crippen LogP) is 4.24. The maximum Gasteiger partial charge on any atom is 0.243 e. The van der Waals surface area contributed by atoms with E-state index in [4.69, 9.17) is 11.6 Å². The third-order valence-corrected chi connectivity index (χ3v) is 9.57. The van der Waals surface area contributed by atoms with Gasteiger partial charge < -0.3 is 0 Å². The van der Waals surface area contributed by atoms with Crippen LogP contribution in [0.1, 0.15) is 6.42 Å². The molecule has 1 aliphatic heterocycles. The number of rotatable bonds is 5. The minimum atomic E-state index is -3.80. The Morgan fingerprint density at radius 1 is 0.767 bits per heavy atom. The van der Waals surface area contributed by atoms with Gasteiger partial charge in [0.1, 0.15) is 0 Å². The first-order chi connectivity index (χ1) is 14.3. The highest BCUT2D eigenvalue weighted by Crippen LogP contribution is 2.30. The number of nitrogens with zero attached hydrogens (tertiary/aromatic N) is 1. The lowest BCUT2D eigenvalue weighted by molar-refractivity contribution is 0.476. The monoisotopic (exact) mass is 461 g/mol. The van der Waals surface area contributed by atoms with Crippen LogP contribution in [0.4, 0.5) is 0 Å². The van der Waals surface area contributed by atoms with Crippen LogP contribution in [0.5, 0.6) is 0 Å². The molecule has 3 aromatic rings. The Morgan fingerprint density at radius 3 is 2.13 bits per heavy atom. The Morgan fingerprint density at radius 2 is 1.43 bits per heavy atom. The van der Waals surface area contributed by atoms with Gasteiger partial charge in [-0.2, -0.15) is 4.31 Å². The van der Waals surface area contributed by atoms with Gasteiger partial charge in [-0.25, -0.2) is 16.8 Å². The number of hydrogen-bond donors (Lipinski definition) is 0. The minimum Gasteiger partial charge on any atom is -0.223 e. The van der Waals surface area contributed by atoms with Crippen LogP contribution < -0.4 is 0 Å². The van der Waals surface area contributed by atoms with Crippen LogP contribution in [0, 0.1) is 0 Å². The smallest absolute Gasteiger partial charge is 0.223 e. The average Bonchev–Trinajstić information content (AvgIpc) is 3.27. The van der Waals surface area contributed by atoms with Crippen LogP contribution in [-0.4, -0.2) is 39.5 Å². The lowest BCUT2D eigenvalue weighted by Gasteiger charge is -2.17. The zero-order valence-corrected chi connectivity index (χ0v) is 18.4. The summed E-state index contributed by atoms with van der Waals surface area (Å²) in [6.45, 7) is 0.0955. The number of sulfone groups is 1. The van der Waals surface area contributed by atoms with Crippen LogP contribution in [-0.2, 0) is 19.9 Å². The van der Waals surface area contributed by atoms with Crippen molar-refractivity contribution < 1.29 is 16.8 Å². The van der Waals surface area contributed by atoms with E-state index >= 15 is 0 Å². The molecule has 1 aliphatic rings. The molecule has 1 saturated heterocycles. The maximum atomic E-state index is 13.2. The standard InChI is InChI=1S/C22H20ClNO4S2/c23-19-9-11-20(12-10-19)29(25,26)22-13-14-24(16-22)30(27,28)21-8-4-7-18(15-21)17-5-2-1-3-6-17/h1-12,15,22H,13-14,16H2. The van der Waals surface area contributed by atoms with Gasteiger partial charge in [0.25, 0.3) is 0 Å². The Kier molecular flexibility index (Phi) is 5.72. The van der Waals surface area contributed by atoms with E-state index in [1.54, 1.807) is 18.2 Å². The van der Waals surface area contributed by atoms with Crippen LogP contribution in [0.25, 0.3) is 11.1 Å². The summed E-state index contributed by atoms with van der Waals surface area (Å²) >= 11 is 5.85. The van der Waals surface area contributed by atoms with Crippen molar-refractivity contribution in [3.8, 4) is 11.1 Å². The summed E-state index contributed by atoms with van der Waals surface area (Å²) in [6.07, 6.45) is 0.253. The first kappa shape index (κ1) is 21.1. The van der Waals surface area contributed by atoms with E-state index in [1.165, 1.54) is 28.6 Å². The highest BCUT2D eigenvalue weighted by Gasteiger charge is 2.39. The fourth-order valence-electron chi connectivity index (χ4n) is 3.60. The molecule has 0 radical (unpaired) electrons. The topological polar surface area (TPSA) is 71.5 Å². The molecule has 0 aliphatic carbocycles. The summed E-state index contributed by atoms with van der Waals surface area (Å²) in [5.41, 5.74) is 1.71. The third-order valence-electron chi connectivity index (χ3n) is 5.27.